The van der Waals surface area contributed by atoms with Crippen LogP contribution in [0.25, 0.3) is 0 Å². The van der Waals surface area contributed by atoms with Gasteiger partial charge >= 0.3 is 18.3 Å². The quantitative estimate of drug-likeness (QED) is 0.545. The number of aliphatic hydroxyl groups excluding tert-OH is 1. The minimum Gasteiger partial charge on any atom is -0.396 e. The van der Waals surface area contributed by atoms with E-state index in [0.717, 1.165) is 0 Å². The Kier molecular flexibility index (Phi) is 6.18. The van der Waals surface area contributed by atoms with Crippen LogP contribution in [0.15, 0.2) is 0 Å². The van der Waals surface area contributed by atoms with Gasteiger partial charge in [-0.2, -0.15) is 35.1 Å². The smallest absolute Gasteiger partial charge is 0.396 e. The maximum absolute atomic E-state index is 13.4. The molecule has 0 aliphatic rings. The van der Waals surface area contributed by atoms with Gasteiger partial charge in [-0.25, -0.2) is 4.39 Å². The number of rotatable bonds is 7. The molecule has 1 atom stereocenters. The molecule has 0 aliphatic heterocycles. The third kappa shape index (κ3) is 3.92. The van der Waals surface area contributed by atoms with E-state index in [-0.39, 0.29) is 25.9 Å². The van der Waals surface area contributed by atoms with Crippen LogP contribution in [0.3, 0.4) is 0 Å². The average Bonchev–Trinajstić information content (AvgIpc) is 2.25. The van der Waals surface area contributed by atoms with Crippen molar-refractivity contribution in [2.75, 3.05) is 6.61 Å². The summed E-state index contributed by atoms with van der Waals surface area (Å²) in [5.74, 6) is -6.52. The Morgan fingerprint density at radius 3 is 1.40 bits per heavy atom. The first-order valence-electron chi connectivity index (χ1n) is 5.62. The third-order valence-electron chi connectivity index (χ3n) is 2.73. The zero-order chi connectivity index (χ0) is 16.2. The van der Waals surface area contributed by atoms with Crippen LogP contribution >= 0.6 is 0 Å². The fraction of sp³-hybridized carbons (Fsp3) is 1.00. The molecule has 1 N–H and O–H groups in total. The molecule has 122 valence electrons. The minimum atomic E-state index is -6.64. The van der Waals surface area contributed by atoms with E-state index in [4.69, 9.17) is 5.11 Å². The fourth-order valence-corrected chi connectivity index (χ4v) is 1.54. The predicted molar refractivity (Wildman–Crippen MR) is 51.1 cm³/mol. The lowest BCUT2D eigenvalue weighted by Gasteiger charge is -2.35. The molecule has 0 saturated heterocycles. The summed E-state index contributed by atoms with van der Waals surface area (Å²) in [6.45, 7) is -0.307. The number of unbranched alkanes of at least 4 members (excludes halogenated alkanes) is 3. The Morgan fingerprint density at radius 1 is 0.600 bits per heavy atom. The van der Waals surface area contributed by atoms with Gasteiger partial charge in [0.2, 0.25) is 0 Å². The maximum Gasteiger partial charge on any atom is 0.457 e. The Bertz CT molecular complexity index is 296. The van der Waals surface area contributed by atoms with Gasteiger partial charge < -0.3 is 5.11 Å². The Hall–Kier alpha value is -0.670. The summed E-state index contributed by atoms with van der Waals surface area (Å²) >= 11 is 0. The first-order chi connectivity index (χ1) is 8.81. The van der Waals surface area contributed by atoms with Crippen LogP contribution in [0.2, 0.25) is 0 Å². The zero-order valence-corrected chi connectivity index (χ0v) is 10.1. The van der Waals surface area contributed by atoms with Gasteiger partial charge in [0.1, 0.15) is 0 Å². The van der Waals surface area contributed by atoms with Crippen LogP contribution in [0.5, 0.6) is 0 Å². The van der Waals surface area contributed by atoms with E-state index >= 15 is 0 Å². The number of alkyl halides is 9. The maximum atomic E-state index is 13.4. The molecule has 0 amide bonds. The van der Waals surface area contributed by atoms with E-state index in [1.165, 1.54) is 0 Å². The molecule has 0 heterocycles. The monoisotopic (exact) mass is 320 g/mol. The highest BCUT2D eigenvalue weighted by atomic mass is 19.4. The van der Waals surface area contributed by atoms with Crippen LogP contribution in [-0.4, -0.2) is 35.7 Å². The van der Waals surface area contributed by atoms with Gasteiger partial charge in [0.15, 0.2) is 0 Å². The predicted octanol–water partition coefficient (Wildman–Crippen LogP) is 4.40. The molecule has 0 aromatic carbocycles. The van der Waals surface area contributed by atoms with E-state index in [9.17, 15) is 39.5 Å². The molecule has 0 radical (unpaired) electrons. The minimum absolute atomic E-state index is 0.0992. The lowest BCUT2D eigenvalue weighted by Crippen LogP contribution is -2.62. The second kappa shape index (κ2) is 6.40. The third-order valence-corrected chi connectivity index (χ3v) is 2.73. The zero-order valence-electron chi connectivity index (χ0n) is 10.1. The van der Waals surface area contributed by atoms with Gasteiger partial charge in [0.05, 0.1) is 0 Å². The van der Waals surface area contributed by atoms with Crippen molar-refractivity contribution in [1.29, 1.82) is 0 Å². The first kappa shape index (κ1) is 19.3. The van der Waals surface area contributed by atoms with E-state index in [0.29, 0.717) is 0 Å². The highest BCUT2D eigenvalue weighted by Crippen LogP contribution is 2.54. The van der Waals surface area contributed by atoms with Crippen molar-refractivity contribution in [2.45, 2.75) is 56.0 Å². The van der Waals surface area contributed by atoms with Gasteiger partial charge in [-0.15, -0.1) is 0 Å². The molecule has 0 rings (SSSR count). The lowest BCUT2D eigenvalue weighted by molar-refractivity contribution is -0.384. The molecule has 0 aromatic rings. The number of hydrogen-bond acceptors (Lipinski definition) is 1. The molecule has 20 heavy (non-hydrogen) atoms. The van der Waals surface area contributed by atoms with E-state index in [2.05, 4.69) is 0 Å². The van der Waals surface area contributed by atoms with E-state index in [1.54, 1.807) is 0 Å². The molecule has 0 aliphatic carbocycles. The summed E-state index contributed by atoms with van der Waals surface area (Å²) in [7, 11) is 0. The molecular weight excluding hydrogens is 307 g/mol. The van der Waals surface area contributed by atoms with Crippen LogP contribution in [0.1, 0.15) is 32.1 Å². The molecular formula is C10H13F9O. The summed E-state index contributed by atoms with van der Waals surface area (Å²) in [6, 6.07) is 0. The van der Waals surface area contributed by atoms with Crippen molar-refractivity contribution >= 4 is 0 Å². The van der Waals surface area contributed by atoms with Crippen LogP contribution in [0, 0.1) is 0 Å². The molecule has 0 spiro atoms. The number of aliphatic hydroxyl groups is 1. The van der Waals surface area contributed by atoms with Crippen LogP contribution in [-0.2, 0) is 0 Å². The second-order valence-corrected chi connectivity index (χ2v) is 4.26. The molecule has 0 aromatic heterocycles. The summed E-state index contributed by atoms with van der Waals surface area (Å²) in [5.41, 5.74) is -5.66. The molecule has 0 saturated carbocycles. The van der Waals surface area contributed by atoms with Crippen molar-refractivity contribution < 1.29 is 44.6 Å². The first-order valence-corrected chi connectivity index (χ1v) is 5.62. The molecule has 1 unspecified atom stereocenters. The standard InChI is InChI=1S/C10H13F9O/c11-7(9(14,15)16,5-3-1-2-4-6-20)8(12,13)10(17,18)19/h20H,1-6H2. The summed E-state index contributed by atoms with van der Waals surface area (Å²) in [4.78, 5) is 0. The molecule has 10 heteroatoms. The van der Waals surface area contributed by atoms with Gasteiger partial charge in [-0.3, -0.25) is 0 Å². The fourth-order valence-electron chi connectivity index (χ4n) is 1.54. The van der Waals surface area contributed by atoms with Crippen molar-refractivity contribution in [2.24, 2.45) is 0 Å². The molecule has 0 bridgehead atoms. The summed E-state index contributed by atoms with van der Waals surface area (Å²) in [5, 5.41) is 8.37. The highest BCUT2D eigenvalue weighted by Gasteiger charge is 2.80. The van der Waals surface area contributed by atoms with Crippen molar-refractivity contribution in [3.8, 4) is 0 Å². The van der Waals surface area contributed by atoms with Gasteiger partial charge in [-0.05, 0) is 19.3 Å². The Morgan fingerprint density at radius 2 is 1.05 bits per heavy atom. The average molecular weight is 320 g/mol. The van der Waals surface area contributed by atoms with Crippen LogP contribution < -0.4 is 0 Å². The molecule has 1 nitrogen and oxygen atoms in total. The number of halogens is 9. The van der Waals surface area contributed by atoms with Crippen molar-refractivity contribution in [3.05, 3.63) is 0 Å². The summed E-state index contributed by atoms with van der Waals surface area (Å²) in [6.07, 6.45) is -15.7. The normalized spacial score (nSPS) is 17.1. The van der Waals surface area contributed by atoms with Crippen LogP contribution in [0.4, 0.5) is 39.5 Å². The SMILES string of the molecule is OCCCCCCC(F)(C(F)(F)F)C(F)(F)C(F)(F)F. The van der Waals surface area contributed by atoms with Gasteiger partial charge in [0, 0.05) is 6.61 Å². The topological polar surface area (TPSA) is 20.2 Å². The Labute approximate surface area is 108 Å². The van der Waals surface area contributed by atoms with Crippen molar-refractivity contribution in [3.63, 3.8) is 0 Å². The van der Waals surface area contributed by atoms with Gasteiger partial charge in [-0.1, -0.05) is 12.8 Å². The molecule has 0 fully saturated rings. The second-order valence-electron chi connectivity index (χ2n) is 4.26. The van der Waals surface area contributed by atoms with E-state index < -0.39 is 36.8 Å². The largest absolute Gasteiger partial charge is 0.457 e. The number of hydrogen-bond donors (Lipinski definition) is 1. The van der Waals surface area contributed by atoms with Crippen molar-refractivity contribution in [1.82, 2.24) is 0 Å². The van der Waals surface area contributed by atoms with Gasteiger partial charge in [0.25, 0.3) is 5.67 Å². The Balaban J connectivity index is 5.05. The van der Waals surface area contributed by atoms with E-state index in [1.807, 2.05) is 0 Å². The lowest BCUT2D eigenvalue weighted by atomic mass is 9.89. The summed E-state index contributed by atoms with van der Waals surface area (Å²) < 4.78 is 112. The highest BCUT2D eigenvalue weighted by molar-refractivity contribution is 5.03.